The number of ether oxygens (including phenoxy) is 1. The number of hydrogen-bond acceptors (Lipinski definition) is 5. The maximum atomic E-state index is 5.95. The highest BCUT2D eigenvalue weighted by Crippen LogP contribution is 2.21. The summed E-state index contributed by atoms with van der Waals surface area (Å²) in [5, 5.41) is 8.67. The third kappa shape index (κ3) is 6.80. The highest BCUT2D eigenvalue weighted by Gasteiger charge is 2.06. The fourth-order valence-electron chi connectivity index (χ4n) is 2.65. The molecule has 0 aliphatic rings. The summed E-state index contributed by atoms with van der Waals surface area (Å²) in [5.74, 6) is 1.64. The zero-order valence-corrected chi connectivity index (χ0v) is 17.3. The van der Waals surface area contributed by atoms with Gasteiger partial charge in [-0.05, 0) is 35.7 Å². The lowest BCUT2D eigenvalue weighted by molar-refractivity contribution is 0.313. The molecule has 0 unspecified atom stereocenters. The molecule has 29 heavy (non-hydrogen) atoms. The maximum absolute atomic E-state index is 5.95. The molecule has 3 aromatic rings. The predicted molar refractivity (Wildman–Crippen MR) is 121 cm³/mol. The standard InChI is InChI=1S/C22H25N5OS/c1-2-12-28-21-9-8-19(13-20(21)15-27-11-10-24-17-27)14-25-26-22(23)29-16-18-6-4-3-5-7-18/h3-11,13-14,17H,2,12,15-16H2,1H3,(H2,23,26). The molecule has 0 aliphatic heterocycles. The van der Waals surface area contributed by atoms with Crippen molar-refractivity contribution in [2.45, 2.75) is 25.6 Å². The molecule has 0 aliphatic carbocycles. The van der Waals surface area contributed by atoms with Gasteiger partial charge in [-0.1, -0.05) is 49.0 Å². The number of hydrogen-bond donors (Lipinski definition) is 1. The summed E-state index contributed by atoms with van der Waals surface area (Å²) in [5.41, 5.74) is 9.16. The molecule has 0 spiro atoms. The number of nitrogens with two attached hydrogens (primary N) is 1. The van der Waals surface area contributed by atoms with Gasteiger partial charge in [-0.3, -0.25) is 0 Å². The summed E-state index contributed by atoms with van der Waals surface area (Å²) < 4.78 is 7.88. The van der Waals surface area contributed by atoms with Crippen LogP contribution < -0.4 is 10.5 Å². The molecule has 6 nitrogen and oxygen atoms in total. The van der Waals surface area contributed by atoms with Crippen LogP contribution in [0.2, 0.25) is 0 Å². The number of imidazole rings is 1. The molecule has 150 valence electrons. The van der Waals surface area contributed by atoms with Gasteiger partial charge in [0.1, 0.15) is 5.75 Å². The van der Waals surface area contributed by atoms with Crippen LogP contribution in [0.15, 0.2) is 77.5 Å². The van der Waals surface area contributed by atoms with E-state index in [1.54, 1.807) is 18.7 Å². The van der Waals surface area contributed by atoms with E-state index in [1.807, 2.05) is 41.1 Å². The van der Waals surface area contributed by atoms with Gasteiger partial charge in [0.15, 0.2) is 5.17 Å². The van der Waals surface area contributed by atoms with Crippen LogP contribution in [0, 0.1) is 0 Å². The van der Waals surface area contributed by atoms with Crippen molar-refractivity contribution in [2.24, 2.45) is 15.9 Å². The van der Waals surface area contributed by atoms with Gasteiger partial charge in [0, 0.05) is 23.7 Å². The predicted octanol–water partition coefficient (Wildman–Crippen LogP) is 4.30. The summed E-state index contributed by atoms with van der Waals surface area (Å²) >= 11 is 1.47. The van der Waals surface area contributed by atoms with Gasteiger partial charge in [-0.2, -0.15) is 5.10 Å². The van der Waals surface area contributed by atoms with Crippen LogP contribution in [0.5, 0.6) is 5.75 Å². The van der Waals surface area contributed by atoms with E-state index in [-0.39, 0.29) is 0 Å². The molecule has 1 aromatic heterocycles. The average molecular weight is 408 g/mol. The Labute approximate surface area is 175 Å². The minimum atomic E-state index is 0.437. The van der Waals surface area contributed by atoms with Gasteiger partial charge in [0.2, 0.25) is 0 Å². The molecule has 2 N–H and O–H groups in total. The molecule has 2 aromatic carbocycles. The lowest BCUT2D eigenvalue weighted by atomic mass is 10.1. The van der Waals surface area contributed by atoms with Crippen LogP contribution >= 0.6 is 11.8 Å². The first-order valence-electron chi connectivity index (χ1n) is 9.49. The van der Waals surface area contributed by atoms with Crippen molar-refractivity contribution in [3.05, 3.63) is 83.9 Å². The molecule has 7 heteroatoms. The molecular weight excluding hydrogens is 382 g/mol. The Bertz CT molecular complexity index is 939. The normalized spacial score (nSPS) is 11.8. The van der Waals surface area contributed by atoms with Gasteiger partial charge >= 0.3 is 0 Å². The molecule has 0 saturated carbocycles. The first-order valence-corrected chi connectivity index (χ1v) is 10.5. The summed E-state index contributed by atoms with van der Waals surface area (Å²) in [6.07, 6.45) is 8.15. The minimum Gasteiger partial charge on any atom is -0.493 e. The van der Waals surface area contributed by atoms with Gasteiger partial charge in [0.25, 0.3) is 0 Å². The third-order valence-electron chi connectivity index (χ3n) is 4.05. The van der Waals surface area contributed by atoms with Crippen molar-refractivity contribution in [1.29, 1.82) is 0 Å². The van der Waals surface area contributed by atoms with Gasteiger partial charge in [-0.25, -0.2) is 4.98 Å². The first kappa shape index (κ1) is 20.7. The molecule has 0 radical (unpaired) electrons. The maximum Gasteiger partial charge on any atom is 0.180 e. The molecular formula is C22H25N5OS. The average Bonchev–Trinajstić information content (AvgIpc) is 3.25. The van der Waals surface area contributed by atoms with E-state index in [9.17, 15) is 0 Å². The smallest absolute Gasteiger partial charge is 0.180 e. The number of aromatic nitrogens is 2. The fourth-order valence-corrected chi connectivity index (χ4v) is 3.26. The van der Waals surface area contributed by atoms with Crippen LogP contribution in [0.4, 0.5) is 0 Å². The second-order valence-electron chi connectivity index (χ2n) is 6.41. The van der Waals surface area contributed by atoms with Gasteiger partial charge in [0.05, 0.1) is 25.7 Å². The van der Waals surface area contributed by atoms with Crippen LogP contribution in [0.1, 0.15) is 30.0 Å². The minimum absolute atomic E-state index is 0.437. The van der Waals surface area contributed by atoms with Crippen molar-refractivity contribution in [3.63, 3.8) is 0 Å². The van der Waals surface area contributed by atoms with Crippen molar-refractivity contribution in [1.82, 2.24) is 9.55 Å². The zero-order valence-electron chi connectivity index (χ0n) is 16.4. The molecule has 1 heterocycles. The Balaban J connectivity index is 1.65. The lowest BCUT2D eigenvalue weighted by Crippen LogP contribution is -2.06. The third-order valence-corrected chi connectivity index (χ3v) is 4.91. The summed E-state index contributed by atoms with van der Waals surface area (Å²) in [6, 6.07) is 16.1. The van der Waals surface area contributed by atoms with Crippen LogP contribution in [0.25, 0.3) is 0 Å². The fraction of sp³-hybridized carbons (Fsp3) is 0.227. The molecule has 0 atom stereocenters. The van der Waals surface area contributed by atoms with Crippen LogP contribution in [-0.2, 0) is 12.3 Å². The summed E-state index contributed by atoms with van der Waals surface area (Å²) in [4.78, 5) is 4.10. The van der Waals surface area contributed by atoms with Gasteiger partial charge < -0.3 is 15.0 Å². The Morgan fingerprint density at radius 1 is 1.24 bits per heavy atom. The number of nitrogens with zero attached hydrogens (tertiary/aromatic N) is 4. The molecule has 0 fully saturated rings. The highest BCUT2D eigenvalue weighted by molar-refractivity contribution is 8.13. The summed E-state index contributed by atoms with van der Waals surface area (Å²) in [7, 11) is 0. The van der Waals surface area contributed by atoms with Gasteiger partial charge in [-0.15, -0.1) is 5.10 Å². The van der Waals surface area contributed by atoms with E-state index in [1.165, 1.54) is 17.3 Å². The van der Waals surface area contributed by atoms with E-state index in [4.69, 9.17) is 10.5 Å². The summed E-state index contributed by atoms with van der Waals surface area (Å²) in [6.45, 7) is 3.46. The number of amidine groups is 1. The Morgan fingerprint density at radius 3 is 2.86 bits per heavy atom. The second kappa shape index (κ2) is 11.1. The Hall–Kier alpha value is -3.06. The zero-order chi connectivity index (χ0) is 20.3. The molecule has 0 saturated heterocycles. The highest BCUT2D eigenvalue weighted by atomic mass is 32.2. The van der Waals surface area contributed by atoms with E-state index in [0.29, 0.717) is 18.3 Å². The molecule has 0 bridgehead atoms. The number of thioether (sulfide) groups is 1. The van der Waals surface area contributed by atoms with E-state index >= 15 is 0 Å². The van der Waals surface area contributed by atoms with Crippen LogP contribution in [0.3, 0.4) is 0 Å². The van der Waals surface area contributed by atoms with E-state index in [0.717, 1.165) is 29.1 Å². The number of rotatable bonds is 9. The van der Waals surface area contributed by atoms with E-state index in [2.05, 4.69) is 40.3 Å². The largest absolute Gasteiger partial charge is 0.493 e. The lowest BCUT2D eigenvalue weighted by Gasteiger charge is -2.12. The first-order chi connectivity index (χ1) is 14.2. The van der Waals surface area contributed by atoms with Crippen molar-refractivity contribution in [3.8, 4) is 5.75 Å². The van der Waals surface area contributed by atoms with Crippen molar-refractivity contribution >= 4 is 23.1 Å². The monoisotopic (exact) mass is 407 g/mol. The van der Waals surface area contributed by atoms with Crippen molar-refractivity contribution in [2.75, 3.05) is 6.61 Å². The Morgan fingerprint density at radius 2 is 2.10 bits per heavy atom. The quantitative estimate of drug-likeness (QED) is 0.326. The molecule has 0 amide bonds. The SMILES string of the molecule is CCCOc1ccc(C=NN=C(N)SCc2ccccc2)cc1Cn1ccnc1. The van der Waals surface area contributed by atoms with Crippen molar-refractivity contribution < 1.29 is 4.74 Å². The number of benzene rings is 2. The topological polar surface area (TPSA) is 77.8 Å². The Kier molecular flexibility index (Phi) is 7.89. The van der Waals surface area contributed by atoms with Crippen LogP contribution in [-0.4, -0.2) is 27.5 Å². The second-order valence-corrected chi connectivity index (χ2v) is 7.40. The molecule has 3 rings (SSSR count). The van der Waals surface area contributed by atoms with E-state index < -0.39 is 0 Å².